The summed E-state index contributed by atoms with van der Waals surface area (Å²) in [4.78, 5) is 13.9. The summed E-state index contributed by atoms with van der Waals surface area (Å²) in [6.07, 6.45) is -0.0753. The van der Waals surface area contributed by atoms with Crippen LogP contribution in [0.5, 0.6) is 0 Å². The molecule has 1 amide bonds. The van der Waals surface area contributed by atoms with Gasteiger partial charge in [-0.15, -0.1) is 12.4 Å². The number of rotatable bonds is 4. The first-order valence-electron chi connectivity index (χ1n) is 6.42. The summed E-state index contributed by atoms with van der Waals surface area (Å²) < 4.78 is 10.6. The van der Waals surface area contributed by atoms with Gasteiger partial charge in [-0.1, -0.05) is 30.3 Å². The number of halogens is 1. The molecule has 0 aromatic heterocycles. The third-order valence-corrected chi connectivity index (χ3v) is 3.21. The molecule has 20 heavy (non-hydrogen) atoms. The Morgan fingerprint density at radius 3 is 2.85 bits per heavy atom. The van der Waals surface area contributed by atoms with Gasteiger partial charge in [0, 0.05) is 13.7 Å². The van der Waals surface area contributed by atoms with Gasteiger partial charge < -0.3 is 20.1 Å². The van der Waals surface area contributed by atoms with E-state index in [1.165, 1.54) is 0 Å². The largest absolute Gasteiger partial charge is 0.383 e. The zero-order valence-corrected chi connectivity index (χ0v) is 12.3. The van der Waals surface area contributed by atoms with Crippen molar-refractivity contribution in [2.75, 3.05) is 33.4 Å². The number of methoxy groups -OCH3 is 1. The van der Waals surface area contributed by atoms with Crippen molar-refractivity contribution in [2.24, 2.45) is 5.73 Å². The van der Waals surface area contributed by atoms with E-state index in [0.29, 0.717) is 19.7 Å². The standard InChI is InChI=1S/C14H20N2O3.ClH/c1-18-10-12(15)14(17)16-7-8-19-13(9-16)11-5-3-2-4-6-11;/h2-6,12-13H,7-10,15H2,1H3;1H. The number of amides is 1. The molecule has 2 rings (SSSR count). The lowest BCUT2D eigenvalue weighted by atomic mass is 10.1. The Morgan fingerprint density at radius 2 is 2.20 bits per heavy atom. The van der Waals surface area contributed by atoms with Crippen LogP contribution in [-0.2, 0) is 14.3 Å². The molecule has 2 N–H and O–H groups in total. The highest BCUT2D eigenvalue weighted by molar-refractivity contribution is 5.85. The minimum Gasteiger partial charge on any atom is -0.383 e. The van der Waals surface area contributed by atoms with Crippen LogP contribution >= 0.6 is 12.4 Å². The highest BCUT2D eigenvalue weighted by Gasteiger charge is 2.28. The maximum absolute atomic E-state index is 12.1. The first-order chi connectivity index (χ1) is 9.22. The van der Waals surface area contributed by atoms with Crippen molar-refractivity contribution >= 4 is 18.3 Å². The molecule has 0 bridgehead atoms. The van der Waals surface area contributed by atoms with Crippen LogP contribution in [0.3, 0.4) is 0 Å². The molecule has 1 aromatic rings. The van der Waals surface area contributed by atoms with Crippen LogP contribution in [0.2, 0.25) is 0 Å². The Hall–Kier alpha value is -1.14. The van der Waals surface area contributed by atoms with Crippen LogP contribution < -0.4 is 5.73 Å². The van der Waals surface area contributed by atoms with Crippen LogP contribution in [0.1, 0.15) is 11.7 Å². The fourth-order valence-electron chi connectivity index (χ4n) is 2.20. The molecule has 0 radical (unpaired) electrons. The number of morpholine rings is 1. The van der Waals surface area contributed by atoms with E-state index >= 15 is 0 Å². The van der Waals surface area contributed by atoms with Crippen molar-refractivity contribution in [1.29, 1.82) is 0 Å². The van der Waals surface area contributed by atoms with Crippen LogP contribution in [0, 0.1) is 0 Å². The summed E-state index contributed by atoms with van der Waals surface area (Å²) in [7, 11) is 1.54. The van der Waals surface area contributed by atoms with Crippen molar-refractivity contribution in [1.82, 2.24) is 4.90 Å². The Labute approximate surface area is 125 Å². The quantitative estimate of drug-likeness (QED) is 0.900. The molecule has 1 aromatic carbocycles. The first-order valence-corrected chi connectivity index (χ1v) is 6.42. The van der Waals surface area contributed by atoms with Crippen LogP contribution in [-0.4, -0.2) is 50.3 Å². The van der Waals surface area contributed by atoms with E-state index < -0.39 is 6.04 Å². The Morgan fingerprint density at radius 1 is 1.50 bits per heavy atom. The fraction of sp³-hybridized carbons (Fsp3) is 0.500. The lowest BCUT2D eigenvalue weighted by molar-refractivity contribution is -0.141. The van der Waals surface area contributed by atoms with E-state index in [0.717, 1.165) is 5.56 Å². The second-order valence-corrected chi connectivity index (χ2v) is 4.62. The first kappa shape index (κ1) is 16.9. The zero-order chi connectivity index (χ0) is 13.7. The van der Waals surface area contributed by atoms with E-state index in [1.54, 1.807) is 12.0 Å². The minimum atomic E-state index is -0.598. The van der Waals surface area contributed by atoms with Gasteiger partial charge in [0.05, 0.1) is 19.8 Å². The number of benzene rings is 1. The van der Waals surface area contributed by atoms with Gasteiger partial charge >= 0.3 is 0 Å². The third kappa shape index (κ3) is 4.18. The molecule has 2 atom stereocenters. The number of carbonyl (C=O) groups excluding carboxylic acids is 1. The van der Waals surface area contributed by atoms with Crippen molar-refractivity contribution < 1.29 is 14.3 Å². The highest BCUT2D eigenvalue weighted by Crippen LogP contribution is 2.22. The van der Waals surface area contributed by atoms with Gasteiger partial charge in [0.15, 0.2) is 0 Å². The highest BCUT2D eigenvalue weighted by atomic mass is 35.5. The molecule has 5 nitrogen and oxygen atoms in total. The number of hydrogen-bond acceptors (Lipinski definition) is 4. The number of nitrogens with two attached hydrogens (primary N) is 1. The summed E-state index contributed by atoms with van der Waals surface area (Å²) in [6.45, 7) is 1.90. The molecule has 6 heteroatoms. The second-order valence-electron chi connectivity index (χ2n) is 4.62. The van der Waals surface area contributed by atoms with Gasteiger partial charge in [0.25, 0.3) is 0 Å². The van der Waals surface area contributed by atoms with Gasteiger partial charge in [-0.05, 0) is 5.56 Å². The predicted octanol–water partition coefficient (Wildman–Crippen LogP) is 0.982. The molecule has 1 aliphatic heterocycles. The normalized spacial score (nSPS) is 20.1. The number of hydrogen-bond donors (Lipinski definition) is 1. The molecule has 1 aliphatic rings. The SMILES string of the molecule is COCC(N)C(=O)N1CCOC(c2ccccc2)C1.Cl. The third-order valence-electron chi connectivity index (χ3n) is 3.21. The van der Waals surface area contributed by atoms with Crippen LogP contribution in [0.15, 0.2) is 30.3 Å². The van der Waals surface area contributed by atoms with Crippen LogP contribution in [0.4, 0.5) is 0 Å². The molecule has 112 valence electrons. The van der Waals surface area contributed by atoms with E-state index in [9.17, 15) is 4.79 Å². The second kappa shape index (κ2) is 8.21. The van der Waals surface area contributed by atoms with Crippen molar-refractivity contribution in [3.05, 3.63) is 35.9 Å². The van der Waals surface area contributed by atoms with E-state index in [1.807, 2.05) is 30.3 Å². The summed E-state index contributed by atoms with van der Waals surface area (Å²) in [5, 5.41) is 0. The van der Waals surface area contributed by atoms with Crippen molar-refractivity contribution in [3.63, 3.8) is 0 Å². The monoisotopic (exact) mass is 300 g/mol. The molecular formula is C14H21ClN2O3. The topological polar surface area (TPSA) is 64.8 Å². The lowest BCUT2D eigenvalue weighted by Gasteiger charge is -2.34. The Bertz CT molecular complexity index is 416. The van der Waals surface area contributed by atoms with Crippen molar-refractivity contribution in [2.45, 2.75) is 12.1 Å². The summed E-state index contributed by atoms with van der Waals surface area (Å²) in [5.74, 6) is -0.0777. The van der Waals surface area contributed by atoms with Gasteiger partial charge in [0.2, 0.25) is 5.91 Å². The molecule has 1 saturated heterocycles. The molecule has 1 heterocycles. The van der Waals surface area contributed by atoms with Gasteiger partial charge in [0.1, 0.15) is 12.1 Å². The minimum absolute atomic E-state index is 0. The fourth-order valence-corrected chi connectivity index (χ4v) is 2.20. The maximum Gasteiger partial charge on any atom is 0.242 e. The molecule has 0 saturated carbocycles. The predicted molar refractivity (Wildman–Crippen MR) is 78.8 cm³/mol. The van der Waals surface area contributed by atoms with Gasteiger partial charge in [-0.3, -0.25) is 4.79 Å². The molecular weight excluding hydrogens is 280 g/mol. The molecule has 0 aliphatic carbocycles. The number of carbonyl (C=O) groups is 1. The maximum atomic E-state index is 12.1. The Balaban J connectivity index is 0.00000200. The zero-order valence-electron chi connectivity index (χ0n) is 11.5. The lowest BCUT2D eigenvalue weighted by Crippen LogP contribution is -2.50. The van der Waals surface area contributed by atoms with Gasteiger partial charge in [-0.2, -0.15) is 0 Å². The van der Waals surface area contributed by atoms with E-state index in [-0.39, 0.29) is 31.0 Å². The molecule has 1 fully saturated rings. The number of ether oxygens (including phenoxy) is 2. The Kier molecular flexibility index (Phi) is 6.95. The average molecular weight is 301 g/mol. The summed E-state index contributed by atoms with van der Waals surface area (Å²) in [6, 6.07) is 9.32. The van der Waals surface area contributed by atoms with E-state index in [4.69, 9.17) is 15.2 Å². The average Bonchev–Trinajstić information content (AvgIpc) is 2.48. The smallest absolute Gasteiger partial charge is 0.242 e. The van der Waals surface area contributed by atoms with Crippen LogP contribution in [0.25, 0.3) is 0 Å². The summed E-state index contributed by atoms with van der Waals surface area (Å²) >= 11 is 0. The van der Waals surface area contributed by atoms with Gasteiger partial charge in [-0.25, -0.2) is 0 Å². The number of nitrogens with zero attached hydrogens (tertiary/aromatic N) is 1. The summed E-state index contributed by atoms with van der Waals surface area (Å²) in [5.41, 5.74) is 6.87. The molecule has 0 spiro atoms. The molecule has 2 unspecified atom stereocenters. The van der Waals surface area contributed by atoms with E-state index in [2.05, 4.69) is 0 Å². The van der Waals surface area contributed by atoms with Crippen molar-refractivity contribution in [3.8, 4) is 0 Å².